The Kier molecular flexibility index (Phi) is 2.82. The van der Waals surface area contributed by atoms with Gasteiger partial charge in [-0.15, -0.1) is 0 Å². The SMILES string of the molecule is O=C(O)c1cn2cc(Br)cc(C(F)(F)Cl)c2n1. The summed E-state index contributed by atoms with van der Waals surface area (Å²) in [4.78, 5) is 14.3. The van der Waals surface area contributed by atoms with E-state index in [0.717, 1.165) is 12.3 Å². The Labute approximate surface area is 107 Å². The Bertz CT molecular complexity index is 609. The number of rotatable bonds is 2. The lowest BCUT2D eigenvalue weighted by Gasteiger charge is -2.09. The molecule has 0 radical (unpaired) electrons. The van der Waals surface area contributed by atoms with Crippen molar-refractivity contribution in [3.05, 3.63) is 34.2 Å². The summed E-state index contributed by atoms with van der Waals surface area (Å²) < 4.78 is 27.8. The predicted molar refractivity (Wildman–Crippen MR) is 59.6 cm³/mol. The molecule has 90 valence electrons. The molecule has 2 heterocycles. The highest BCUT2D eigenvalue weighted by Crippen LogP contribution is 2.36. The fourth-order valence-electron chi connectivity index (χ4n) is 1.38. The van der Waals surface area contributed by atoms with Crippen molar-refractivity contribution in [1.82, 2.24) is 9.38 Å². The van der Waals surface area contributed by atoms with E-state index in [1.807, 2.05) is 0 Å². The van der Waals surface area contributed by atoms with Crippen molar-refractivity contribution in [3.8, 4) is 0 Å². The summed E-state index contributed by atoms with van der Waals surface area (Å²) in [5.41, 5.74) is -1.07. The topological polar surface area (TPSA) is 54.6 Å². The Hall–Kier alpha value is -1.21. The molecule has 17 heavy (non-hydrogen) atoms. The quantitative estimate of drug-likeness (QED) is 0.863. The Morgan fingerprint density at radius 3 is 2.71 bits per heavy atom. The molecule has 0 aliphatic rings. The van der Waals surface area contributed by atoms with Gasteiger partial charge in [-0.25, -0.2) is 9.78 Å². The largest absolute Gasteiger partial charge is 0.476 e. The van der Waals surface area contributed by atoms with E-state index in [9.17, 15) is 13.6 Å². The highest BCUT2D eigenvalue weighted by atomic mass is 79.9. The standard InChI is InChI=1S/C9H4BrClF2N2O2/c10-4-1-5(9(11,12)13)7-14-6(8(16)17)3-15(7)2-4/h1-3H,(H,16,17). The minimum absolute atomic E-state index is 0.189. The molecule has 0 aliphatic carbocycles. The fourth-order valence-corrected chi connectivity index (χ4v) is 1.96. The predicted octanol–water partition coefficient (Wildman–Crippen LogP) is 3.08. The number of alkyl halides is 3. The number of carboxylic acids is 1. The summed E-state index contributed by atoms with van der Waals surface area (Å²) in [6.07, 6.45) is 2.55. The third kappa shape index (κ3) is 2.25. The van der Waals surface area contributed by atoms with Crippen LogP contribution in [0.1, 0.15) is 16.1 Å². The average Bonchev–Trinajstić information content (AvgIpc) is 2.58. The van der Waals surface area contributed by atoms with E-state index in [-0.39, 0.29) is 11.3 Å². The molecule has 0 spiro atoms. The van der Waals surface area contributed by atoms with Gasteiger partial charge in [0.05, 0.1) is 5.56 Å². The molecule has 0 aromatic carbocycles. The molecule has 0 atom stereocenters. The Balaban J connectivity index is 2.79. The molecule has 1 N–H and O–H groups in total. The molecule has 0 saturated heterocycles. The molecule has 2 aromatic heterocycles. The third-order valence-corrected chi connectivity index (χ3v) is 2.68. The number of pyridine rings is 1. The van der Waals surface area contributed by atoms with E-state index in [2.05, 4.69) is 20.9 Å². The fraction of sp³-hybridized carbons (Fsp3) is 0.111. The molecule has 0 bridgehead atoms. The molecule has 8 heteroatoms. The summed E-state index contributed by atoms with van der Waals surface area (Å²) in [5, 5.41) is 5.12. The van der Waals surface area contributed by atoms with Crippen molar-refractivity contribution < 1.29 is 18.7 Å². The molecule has 0 amide bonds. The van der Waals surface area contributed by atoms with Gasteiger partial charge in [0.15, 0.2) is 5.69 Å². The molecule has 2 rings (SSSR count). The van der Waals surface area contributed by atoms with Gasteiger partial charge in [-0.3, -0.25) is 0 Å². The van der Waals surface area contributed by atoms with Crippen LogP contribution in [-0.2, 0) is 5.38 Å². The first-order valence-corrected chi connectivity index (χ1v) is 5.45. The van der Waals surface area contributed by atoms with Crippen molar-refractivity contribution in [2.45, 2.75) is 5.38 Å². The number of nitrogens with zero attached hydrogens (tertiary/aromatic N) is 2. The maximum absolute atomic E-state index is 13.1. The lowest BCUT2D eigenvalue weighted by Crippen LogP contribution is -2.06. The number of fused-ring (bicyclic) bond motifs is 1. The first-order valence-electron chi connectivity index (χ1n) is 4.28. The number of hydrogen-bond acceptors (Lipinski definition) is 2. The van der Waals surface area contributed by atoms with Crippen LogP contribution in [0.3, 0.4) is 0 Å². The highest BCUT2D eigenvalue weighted by molar-refractivity contribution is 9.10. The maximum Gasteiger partial charge on any atom is 0.356 e. The van der Waals surface area contributed by atoms with Crippen LogP contribution in [0, 0.1) is 0 Å². The minimum atomic E-state index is -3.62. The number of hydrogen-bond donors (Lipinski definition) is 1. The zero-order chi connectivity index (χ0) is 12.8. The summed E-state index contributed by atoms with van der Waals surface area (Å²) in [6.45, 7) is 0. The van der Waals surface area contributed by atoms with Gasteiger partial charge in [0.25, 0.3) is 0 Å². The van der Waals surface area contributed by atoms with Crippen LogP contribution in [0.4, 0.5) is 8.78 Å². The second kappa shape index (κ2) is 3.92. The molecule has 0 fully saturated rings. The van der Waals surface area contributed by atoms with E-state index in [4.69, 9.17) is 16.7 Å². The van der Waals surface area contributed by atoms with Crippen molar-refractivity contribution >= 4 is 39.1 Å². The van der Waals surface area contributed by atoms with Gasteiger partial charge in [-0.05, 0) is 33.6 Å². The number of aromatic nitrogens is 2. The molecular formula is C9H4BrClF2N2O2. The summed E-state index contributed by atoms with van der Waals surface area (Å²) in [7, 11) is 0. The van der Waals surface area contributed by atoms with E-state index >= 15 is 0 Å². The van der Waals surface area contributed by atoms with E-state index in [1.165, 1.54) is 10.6 Å². The summed E-state index contributed by atoms with van der Waals surface area (Å²) in [6, 6.07) is 1.10. The third-order valence-electron chi connectivity index (χ3n) is 2.04. The maximum atomic E-state index is 13.1. The first kappa shape index (κ1) is 12.3. The van der Waals surface area contributed by atoms with Gasteiger partial charge >= 0.3 is 11.4 Å². The number of imidazole rings is 1. The zero-order valence-corrected chi connectivity index (χ0v) is 10.3. The van der Waals surface area contributed by atoms with Crippen LogP contribution in [-0.4, -0.2) is 20.5 Å². The van der Waals surface area contributed by atoms with Gasteiger partial charge in [0, 0.05) is 16.9 Å². The highest BCUT2D eigenvalue weighted by Gasteiger charge is 2.32. The van der Waals surface area contributed by atoms with E-state index < -0.39 is 16.9 Å². The molecule has 2 aromatic rings. The van der Waals surface area contributed by atoms with Gasteiger partial charge in [0.2, 0.25) is 0 Å². The Morgan fingerprint density at radius 1 is 1.53 bits per heavy atom. The number of carbonyl (C=O) groups is 1. The van der Waals surface area contributed by atoms with Crippen molar-refractivity contribution in [1.29, 1.82) is 0 Å². The van der Waals surface area contributed by atoms with E-state index in [1.54, 1.807) is 0 Å². The van der Waals surface area contributed by atoms with Gasteiger partial charge < -0.3 is 9.51 Å². The van der Waals surface area contributed by atoms with Crippen LogP contribution in [0.5, 0.6) is 0 Å². The van der Waals surface area contributed by atoms with Crippen LogP contribution < -0.4 is 0 Å². The first-order chi connectivity index (χ1) is 7.79. The van der Waals surface area contributed by atoms with Gasteiger partial charge in [-0.2, -0.15) is 8.78 Å². The second-order valence-corrected chi connectivity index (χ2v) is 4.62. The molecular weight excluding hydrogens is 321 g/mol. The molecule has 0 aliphatic heterocycles. The van der Waals surface area contributed by atoms with Crippen LogP contribution >= 0.6 is 27.5 Å². The average molecular weight is 325 g/mol. The lowest BCUT2D eigenvalue weighted by atomic mass is 10.3. The lowest BCUT2D eigenvalue weighted by molar-refractivity contribution is 0.0690. The van der Waals surface area contributed by atoms with Crippen molar-refractivity contribution in [2.24, 2.45) is 0 Å². The Morgan fingerprint density at radius 2 is 2.18 bits per heavy atom. The van der Waals surface area contributed by atoms with E-state index in [0.29, 0.717) is 4.47 Å². The van der Waals surface area contributed by atoms with Crippen molar-refractivity contribution in [2.75, 3.05) is 0 Å². The number of carboxylic acid groups (broad SMARTS) is 1. The van der Waals surface area contributed by atoms with Gasteiger partial charge in [0.1, 0.15) is 5.65 Å². The molecule has 4 nitrogen and oxygen atoms in total. The minimum Gasteiger partial charge on any atom is -0.476 e. The van der Waals surface area contributed by atoms with Gasteiger partial charge in [-0.1, -0.05) is 0 Å². The normalized spacial score (nSPS) is 12.0. The molecule has 0 saturated carbocycles. The number of halogens is 4. The zero-order valence-electron chi connectivity index (χ0n) is 7.99. The smallest absolute Gasteiger partial charge is 0.356 e. The van der Waals surface area contributed by atoms with Crippen LogP contribution in [0.25, 0.3) is 5.65 Å². The van der Waals surface area contributed by atoms with Crippen LogP contribution in [0.2, 0.25) is 0 Å². The second-order valence-electron chi connectivity index (χ2n) is 3.23. The van der Waals surface area contributed by atoms with Crippen molar-refractivity contribution in [3.63, 3.8) is 0 Å². The summed E-state index contributed by atoms with van der Waals surface area (Å²) >= 11 is 7.98. The molecule has 0 unspecified atom stereocenters. The summed E-state index contributed by atoms with van der Waals surface area (Å²) in [5.74, 6) is -1.30. The monoisotopic (exact) mass is 324 g/mol. The van der Waals surface area contributed by atoms with Crippen LogP contribution in [0.15, 0.2) is 22.9 Å². The number of aromatic carboxylic acids is 1.